The van der Waals surface area contributed by atoms with Crippen molar-refractivity contribution in [1.29, 1.82) is 0 Å². The van der Waals surface area contributed by atoms with E-state index in [1.54, 1.807) is 0 Å². The highest BCUT2D eigenvalue weighted by Crippen LogP contribution is 2.14. The Morgan fingerprint density at radius 3 is 2.00 bits per heavy atom. The molecule has 0 aliphatic carbocycles. The summed E-state index contributed by atoms with van der Waals surface area (Å²) in [6.45, 7) is 9.38. The molecule has 0 spiro atoms. The molecule has 154 valence electrons. The van der Waals surface area contributed by atoms with Crippen LogP contribution in [0.2, 0.25) is 0 Å². The van der Waals surface area contributed by atoms with Crippen molar-refractivity contribution in [1.82, 2.24) is 15.1 Å². The van der Waals surface area contributed by atoms with Gasteiger partial charge in [-0.3, -0.25) is 14.5 Å². The predicted molar refractivity (Wildman–Crippen MR) is 116 cm³/mol. The van der Waals surface area contributed by atoms with Crippen molar-refractivity contribution in [2.45, 2.75) is 39.8 Å². The maximum Gasteiger partial charge on any atom is 0.253 e. The number of carbonyl (C=O) groups excluding carboxylic acids is 2. The summed E-state index contributed by atoms with van der Waals surface area (Å²) in [6, 6.07) is 15.3. The van der Waals surface area contributed by atoms with E-state index in [0.717, 1.165) is 51.1 Å². The average Bonchev–Trinajstić information content (AvgIpc) is 3.31. The zero-order valence-corrected chi connectivity index (χ0v) is 17.5. The first-order valence-corrected chi connectivity index (χ1v) is 10.6. The van der Waals surface area contributed by atoms with E-state index in [4.69, 9.17) is 0 Å². The first-order chi connectivity index (χ1) is 14.1. The third-order valence-corrected chi connectivity index (χ3v) is 5.56. The lowest BCUT2D eigenvalue weighted by Crippen LogP contribution is -2.27. The summed E-state index contributed by atoms with van der Waals surface area (Å²) in [5.74, 6) is 0.0134. The summed E-state index contributed by atoms with van der Waals surface area (Å²) in [5.41, 5.74) is 3.57. The summed E-state index contributed by atoms with van der Waals surface area (Å²) < 4.78 is 0. The normalized spacial score (nSPS) is 13.7. The predicted octanol–water partition coefficient (Wildman–Crippen LogP) is 3.69. The number of hydrogen-bond donors (Lipinski definition) is 1. The van der Waals surface area contributed by atoms with Crippen LogP contribution in [0.5, 0.6) is 0 Å². The molecule has 2 aromatic rings. The largest absolute Gasteiger partial charge is 0.348 e. The minimum atomic E-state index is -0.0865. The van der Waals surface area contributed by atoms with Gasteiger partial charge in [-0.15, -0.1) is 0 Å². The van der Waals surface area contributed by atoms with Crippen LogP contribution in [-0.2, 0) is 13.1 Å². The third kappa shape index (κ3) is 5.67. The van der Waals surface area contributed by atoms with E-state index in [-0.39, 0.29) is 11.8 Å². The number of nitrogens with zero attached hydrogens (tertiary/aromatic N) is 2. The van der Waals surface area contributed by atoms with Crippen LogP contribution in [0.4, 0.5) is 0 Å². The maximum atomic E-state index is 12.4. The van der Waals surface area contributed by atoms with Crippen LogP contribution in [0.15, 0.2) is 48.5 Å². The van der Waals surface area contributed by atoms with Crippen molar-refractivity contribution >= 4 is 11.8 Å². The van der Waals surface area contributed by atoms with Crippen molar-refractivity contribution in [3.63, 3.8) is 0 Å². The lowest BCUT2D eigenvalue weighted by Gasteiger charge is -2.18. The van der Waals surface area contributed by atoms with Crippen molar-refractivity contribution in [3.05, 3.63) is 70.8 Å². The van der Waals surface area contributed by atoms with Crippen LogP contribution in [0.25, 0.3) is 0 Å². The van der Waals surface area contributed by atoms with Gasteiger partial charge in [0.1, 0.15) is 0 Å². The minimum Gasteiger partial charge on any atom is -0.348 e. The summed E-state index contributed by atoms with van der Waals surface area (Å²) >= 11 is 0. The number of carbonyl (C=O) groups is 2. The Balaban J connectivity index is 1.51. The molecule has 1 fully saturated rings. The fraction of sp³-hybridized carbons (Fsp3) is 0.417. The van der Waals surface area contributed by atoms with Gasteiger partial charge in [-0.05, 0) is 61.3 Å². The van der Waals surface area contributed by atoms with Crippen LogP contribution in [0.1, 0.15) is 58.5 Å². The van der Waals surface area contributed by atoms with Gasteiger partial charge in [-0.25, -0.2) is 0 Å². The van der Waals surface area contributed by atoms with E-state index in [1.807, 2.05) is 53.4 Å². The second-order valence-electron chi connectivity index (χ2n) is 7.54. The molecule has 2 amide bonds. The van der Waals surface area contributed by atoms with Gasteiger partial charge in [0.25, 0.3) is 11.8 Å². The molecule has 1 aliphatic rings. The summed E-state index contributed by atoms with van der Waals surface area (Å²) in [6.07, 6.45) is 2.18. The van der Waals surface area contributed by atoms with Gasteiger partial charge in [0, 0.05) is 37.3 Å². The van der Waals surface area contributed by atoms with Gasteiger partial charge in [0.2, 0.25) is 0 Å². The van der Waals surface area contributed by atoms with Crippen molar-refractivity contribution in [2.75, 3.05) is 26.2 Å². The Kier molecular flexibility index (Phi) is 7.42. The molecule has 2 aromatic carbocycles. The molecule has 29 heavy (non-hydrogen) atoms. The Morgan fingerprint density at radius 2 is 1.41 bits per heavy atom. The first-order valence-electron chi connectivity index (χ1n) is 10.6. The van der Waals surface area contributed by atoms with Gasteiger partial charge in [-0.1, -0.05) is 38.1 Å². The monoisotopic (exact) mass is 393 g/mol. The van der Waals surface area contributed by atoms with E-state index in [2.05, 4.69) is 24.1 Å². The van der Waals surface area contributed by atoms with E-state index in [0.29, 0.717) is 17.7 Å². The highest BCUT2D eigenvalue weighted by Gasteiger charge is 2.19. The Hall–Kier alpha value is -2.66. The molecular formula is C24H31N3O2. The Morgan fingerprint density at radius 1 is 0.862 bits per heavy atom. The van der Waals surface area contributed by atoms with Gasteiger partial charge in [0.15, 0.2) is 0 Å². The van der Waals surface area contributed by atoms with E-state index in [9.17, 15) is 9.59 Å². The second kappa shape index (κ2) is 10.2. The fourth-order valence-electron chi connectivity index (χ4n) is 3.62. The van der Waals surface area contributed by atoms with E-state index < -0.39 is 0 Å². The molecular weight excluding hydrogens is 362 g/mol. The number of nitrogens with one attached hydrogen (secondary N) is 1. The Labute approximate surface area is 173 Å². The summed E-state index contributed by atoms with van der Waals surface area (Å²) in [5, 5.41) is 2.96. The molecule has 5 heteroatoms. The standard InChI is InChI=1S/C24H31N3O2/c1-3-26(4-2)18-20-9-11-21(12-10-20)23(28)25-17-19-7-13-22(14-8-19)24(29)27-15-5-6-16-27/h7-14H,3-6,15-18H2,1-2H3,(H,25,28). The van der Waals surface area contributed by atoms with Gasteiger partial charge >= 0.3 is 0 Å². The first kappa shape index (κ1) is 21.1. The van der Waals surface area contributed by atoms with Crippen molar-refractivity contribution < 1.29 is 9.59 Å². The molecule has 1 aliphatic heterocycles. The molecule has 5 nitrogen and oxygen atoms in total. The zero-order chi connectivity index (χ0) is 20.6. The third-order valence-electron chi connectivity index (χ3n) is 5.56. The van der Waals surface area contributed by atoms with Gasteiger partial charge < -0.3 is 10.2 Å². The van der Waals surface area contributed by atoms with Gasteiger partial charge in [0.05, 0.1) is 0 Å². The number of hydrogen-bond acceptors (Lipinski definition) is 3. The van der Waals surface area contributed by atoms with Gasteiger partial charge in [-0.2, -0.15) is 0 Å². The molecule has 0 unspecified atom stereocenters. The molecule has 0 atom stereocenters. The molecule has 1 N–H and O–H groups in total. The molecule has 1 saturated heterocycles. The smallest absolute Gasteiger partial charge is 0.253 e. The summed E-state index contributed by atoms with van der Waals surface area (Å²) in [4.78, 5) is 29.1. The molecule has 0 saturated carbocycles. The lowest BCUT2D eigenvalue weighted by atomic mass is 10.1. The number of benzene rings is 2. The van der Waals surface area contributed by atoms with Crippen molar-refractivity contribution in [3.8, 4) is 0 Å². The molecule has 0 bridgehead atoms. The topological polar surface area (TPSA) is 52.7 Å². The zero-order valence-electron chi connectivity index (χ0n) is 17.5. The molecule has 1 heterocycles. The van der Waals surface area contributed by atoms with E-state index in [1.165, 1.54) is 5.56 Å². The molecule has 0 radical (unpaired) electrons. The van der Waals surface area contributed by atoms with Crippen LogP contribution in [0, 0.1) is 0 Å². The molecule has 3 rings (SSSR count). The van der Waals surface area contributed by atoms with Crippen LogP contribution in [-0.4, -0.2) is 47.8 Å². The fourth-order valence-corrected chi connectivity index (χ4v) is 3.62. The minimum absolute atomic E-state index is 0.0865. The highest BCUT2D eigenvalue weighted by molar-refractivity contribution is 5.95. The van der Waals surface area contributed by atoms with Crippen LogP contribution < -0.4 is 5.32 Å². The van der Waals surface area contributed by atoms with Crippen molar-refractivity contribution in [2.24, 2.45) is 0 Å². The Bertz CT molecular complexity index is 805. The second-order valence-corrected chi connectivity index (χ2v) is 7.54. The molecule has 0 aromatic heterocycles. The SMILES string of the molecule is CCN(CC)Cc1ccc(C(=O)NCc2ccc(C(=O)N3CCCC3)cc2)cc1. The van der Waals surface area contributed by atoms with Crippen LogP contribution in [0.3, 0.4) is 0 Å². The summed E-state index contributed by atoms with van der Waals surface area (Å²) in [7, 11) is 0. The average molecular weight is 394 g/mol. The lowest BCUT2D eigenvalue weighted by molar-refractivity contribution is 0.0792. The number of rotatable bonds is 8. The maximum absolute atomic E-state index is 12.4. The number of amides is 2. The van der Waals surface area contributed by atoms with E-state index >= 15 is 0 Å². The van der Waals surface area contributed by atoms with Crippen LogP contribution >= 0.6 is 0 Å². The quantitative estimate of drug-likeness (QED) is 0.744. The number of likely N-dealkylation sites (tertiary alicyclic amines) is 1. The highest BCUT2D eigenvalue weighted by atomic mass is 16.2.